The first-order chi connectivity index (χ1) is 10.6. The zero-order valence-electron chi connectivity index (χ0n) is 13.4. The highest BCUT2D eigenvalue weighted by Gasteiger charge is 2.35. The van der Waals surface area contributed by atoms with Crippen molar-refractivity contribution in [2.24, 2.45) is 5.92 Å². The molecule has 1 aliphatic carbocycles. The van der Waals surface area contributed by atoms with Crippen LogP contribution < -0.4 is 0 Å². The molecule has 0 N–H and O–H groups in total. The summed E-state index contributed by atoms with van der Waals surface area (Å²) in [5, 5.41) is 0. The number of Topliss-reactive ketones (excluding diaryl/α,β-unsaturated/α-hetero) is 1. The van der Waals surface area contributed by atoms with Crippen LogP contribution in [0.1, 0.15) is 61.4 Å². The largest absolute Gasteiger partial charge is 0.339 e. The molecular formula is C19H25NO2. The average Bonchev–Trinajstić information content (AvgIpc) is 2.54. The number of likely N-dealkylation sites (tertiary alicyclic amines) is 1. The number of nitrogens with zero attached hydrogens (tertiary/aromatic N) is 1. The molecule has 1 aromatic rings. The van der Waals surface area contributed by atoms with E-state index in [-0.39, 0.29) is 11.7 Å². The molecule has 0 bridgehead atoms. The minimum atomic E-state index is 0.0685. The van der Waals surface area contributed by atoms with E-state index >= 15 is 0 Å². The Morgan fingerprint density at radius 1 is 1.05 bits per heavy atom. The molecule has 1 heterocycles. The molecule has 2 atom stereocenters. The minimum Gasteiger partial charge on any atom is -0.339 e. The highest BCUT2D eigenvalue weighted by molar-refractivity contribution is 5.94. The third kappa shape index (κ3) is 3.23. The van der Waals surface area contributed by atoms with Crippen LogP contribution in [-0.4, -0.2) is 29.2 Å². The number of benzene rings is 1. The van der Waals surface area contributed by atoms with E-state index in [1.54, 1.807) is 6.92 Å². The monoisotopic (exact) mass is 299 g/mol. The lowest BCUT2D eigenvalue weighted by Gasteiger charge is -2.44. The van der Waals surface area contributed by atoms with Gasteiger partial charge in [-0.1, -0.05) is 37.1 Å². The van der Waals surface area contributed by atoms with Crippen molar-refractivity contribution in [3.8, 4) is 0 Å². The zero-order valence-corrected chi connectivity index (χ0v) is 13.4. The summed E-state index contributed by atoms with van der Waals surface area (Å²) in [5.41, 5.74) is 1.72. The summed E-state index contributed by atoms with van der Waals surface area (Å²) >= 11 is 0. The van der Waals surface area contributed by atoms with Gasteiger partial charge in [-0.15, -0.1) is 0 Å². The molecule has 3 nitrogen and oxygen atoms in total. The van der Waals surface area contributed by atoms with Crippen LogP contribution in [0, 0.1) is 5.92 Å². The number of piperidine rings is 1. The summed E-state index contributed by atoms with van der Waals surface area (Å²) in [6, 6.07) is 7.95. The maximum atomic E-state index is 12.7. The van der Waals surface area contributed by atoms with Crippen LogP contribution in [0.4, 0.5) is 0 Å². The molecule has 0 unspecified atom stereocenters. The molecule has 0 radical (unpaired) electrons. The second kappa shape index (κ2) is 6.64. The van der Waals surface area contributed by atoms with Gasteiger partial charge >= 0.3 is 0 Å². The van der Waals surface area contributed by atoms with Crippen molar-refractivity contribution >= 4 is 11.7 Å². The number of hydrogen-bond acceptors (Lipinski definition) is 2. The van der Waals surface area contributed by atoms with Gasteiger partial charge in [0, 0.05) is 18.2 Å². The summed E-state index contributed by atoms with van der Waals surface area (Å²) < 4.78 is 0. The number of carbonyl (C=O) groups is 2. The molecule has 3 heteroatoms. The first-order valence-corrected chi connectivity index (χ1v) is 8.54. The number of carbonyl (C=O) groups excluding carboxylic acids is 2. The van der Waals surface area contributed by atoms with E-state index in [1.165, 1.54) is 32.1 Å². The van der Waals surface area contributed by atoms with Crippen LogP contribution in [0.2, 0.25) is 0 Å². The quantitative estimate of drug-likeness (QED) is 0.800. The maximum Gasteiger partial charge on any atom is 0.227 e. The predicted octanol–water partition coefficient (Wildman–Crippen LogP) is 3.61. The molecule has 1 aromatic carbocycles. The van der Waals surface area contributed by atoms with Gasteiger partial charge in [0.15, 0.2) is 5.78 Å². The van der Waals surface area contributed by atoms with E-state index in [0.29, 0.717) is 18.0 Å². The fraction of sp³-hybridized carbons (Fsp3) is 0.579. The van der Waals surface area contributed by atoms with Gasteiger partial charge in [0.2, 0.25) is 5.91 Å². The molecular weight excluding hydrogens is 274 g/mol. The highest BCUT2D eigenvalue weighted by atomic mass is 16.2. The third-order valence-electron chi connectivity index (χ3n) is 5.28. The molecule has 1 aliphatic heterocycles. The topological polar surface area (TPSA) is 37.4 Å². The van der Waals surface area contributed by atoms with Crippen molar-refractivity contribution in [2.75, 3.05) is 6.54 Å². The fourth-order valence-electron chi connectivity index (χ4n) is 4.07. The summed E-state index contributed by atoms with van der Waals surface area (Å²) in [4.78, 5) is 26.2. The van der Waals surface area contributed by atoms with Crippen molar-refractivity contribution in [3.05, 3.63) is 35.4 Å². The van der Waals surface area contributed by atoms with E-state index in [9.17, 15) is 9.59 Å². The Morgan fingerprint density at radius 3 is 2.45 bits per heavy atom. The maximum absolute atomic E-state index is 12.7. The van der Waals surface area contributed by atoms with Crippen LogP contribution >= 0.6 is 0 Å². The molecule has 2 aliphatic rings. The standard InChI is InChI=1S/C19H25NO2/c1-14(21)16-10-8-15(9-11-16)13-19(22)20-12-4-6-17-5-2-3-7-18(17)20/h8-11,17-18H,2-7,12-13H2,1H3/t17-,18-/m0/s1. The van der Waals surface area contributed by atoms with E-state index in [2.05, 4.69) is 4.90 Å². The zero-order chi connectivity index (χ0) is 15.5. The molecule has 118 valence electrons. The SMILES string of the molecule is CC(=O)c1ccc(CC(=O)N2CCC[C@@H]3CCCC[C@@H]32)cc1. The number of fused-ring (bicyclic) bond motifs is 1. The van der Waals surface area contributed by atoms with Crippen molar-refractivity contribution < 1.29 is 9.59 Å². The first-order valence-electron chi connectivity index (χ1n) is 8.54. The Labute approximate surface area is 132 Å². The number of amides is 1. The lowest BCUT2D eigenvalue weighted by atomic mass is 9.78. The van der Waals surface area contributed by atoms with Crippen LogP contribution in [0.5, 0.6) is 0 Å². The van der Waals surface area contributed by atoms with E-state index in [0.717, 1.165) is 24.4 Å². The molecule has 1 saturated heterocycles. The predicted molar refractivity (Wildman–Crippen MR) is 86.8 cm³/mol. The molecule has 3 rings (SSSR count). The third-order valence-corrected chi connectivity index (χ3v) is 5.28. The minimum absolute atomic E-state index is 0.0685. The number of rotatable bonds is 3. The van der Waals surface area contributed by atoms with E-state index in [1.807, 2.05) is 24.3 Å². The van der Waals surface area contributed by atoms with Crippen LogP contribution in [-0.2, 0) is 11.2 Å². The average molecular weight is 299 g/mol. The van der Waals surface area contributed by atoms with Gasteiger partial charge < -0.3 is 4.90 Å². The van der Waals surface area contributed by atoms with Gasteiger partial charge in [0.05, 0.1) is 6.42 Å². The lowest BCUT2D eigenvalue weighted by molar-refractivity contribution is -0.136. The van der Waals surface area contributed by atoms with Crippen LogP contribution in [0.15, 0.2) is 24.3 Å². The van der Waals surface area contributed by atoms with Crippen molar-refractivity contribution in [2.45, 2.75) is 57.9 Å². The molecule has 0 spiro atoms. The van der Waals surface area contributed by atoms with Crippen LogP contribution in [0.3, 0.4) is 0 Å². The van der Waals surface area contributed by atoms with Gasteiger partial charge in [-0.3, -0.25) is 9.59 Å². The van der Waals surface area contributed by atoms with Crippen molar-refractivity contribution in [1.29, 1.82) is 0 Å². The summed E-state index contributed by atoms with van der Waals surface area (Å²) in [5.74, 6) is 1.05. The van der Waals surface area contributed by atoms with Crippen LogP contribution in [0.25, 0.3) is 0 Å². The smallest absolute Gasteiger partial charge is 0.227 e. The number of ketones is 1. The highest BCUT2D eigenvalue weighted by Crippen LogP contribution is 2.35. The van der Waals surface area contributed by atoms with E-state index < -0.39 is 0 Å². The summed E-state index contributed by atoms with van der Waals surface area (Å²) in [7, 11) is 0. The Morgan fingerprint density at radius 2 is 1.73 bits per heavy atom. The molecule has 2 fully saturated rings. The molecule has 1 saturated carbocycles. The Balaban J connectivity index is 1.66. The van der Waals surface area contributed by atoms with Crippen molar-refractivity contribution in [1.82, 2.24) is 4.90 Å². The Hall–Kier alpha value is -1.64. The summed E-state index contributed by atoms with van der Waals surface area (Å²) in [6.45, 7) is 2.49. The normalized spacial score (nSPS) is 24.7. The van der Waals surface area contributed by atoms with Gasteiger partial charge in [-0.05, 0) is 44.1 Å². The first kappa shape index (κ1) is 15.3. The van der Waals surface area contributed by atoms with Gasteiger partial charge in [0.1, 0.15) is 0 Å². The van der Waals surface area contributed by atoms with E-state index in [4.69, 9.17) is 0 Å². The second-order valence-electron chi connectivity index (χ2n) is 6.77. The van der Waals surface area contributed by atoms with Gasteiger partial charge in [-0.2, -0.15) is 0 Å². The van der Waals surface area contributed by atoms with Gasteiger partial charge in [0.25, 0.3) is 0 Å². The fourth-order valence-corrected chi connectivity index (χ4v) is 4.07. The molecule has 22 heavy (non-hydrogen) atoms. The number of hydrogen-bond donors (Lipinski definition) is 0. The second-order valence-corrected chi connectivity index (χ2v) is 6.77. The van der Waals surface area contributed by atoms with Crippen molar-refractivity contribution in [3.63, 3.8) is 0 Å². The Bertz CT molecular complexity index is 547. The summed E-state index contributed by atoms with van der Waals surface area (Å²) in [6.07, 6.45) is 7.97. The lowest BCUT2D eigenvalue weighted by Crippen LogP contribution is -2.50. The Kier molecular flexibility index (Phi) is 4.60. The molecule has 0 aromatic heterocycles. The van der Waals surface area contributed by atoms with Gasteiger partial charge in [-0.25, -0.2) is 0 Å². The molecule has 1 amide bonds.